The van der Waals surface area contributed by atoms with Crippen LogP contribution in [0.4, 0.5) is 0 Å². The highest BCUT2D eigenvalue weighted by Crippen LogP contribution is 2.35. The Hall–Kier alpha value is -4.08. The van der Waals surface area contributed by atoms with Gasteiger partial charge in [-0.05, 0) is 121 Å². The minimum Gasteiger partial charge on any atom is -0.494 e. The van der Waals surface area contributed by atoms with E-state index in [4.69, 9.17) is 41.9 Å². The Morgan fingerprint density at radius 1 is 0.396 bits per heavy atom. The third kappa shape index (κ3) is 9.97. The minimum atomic E-state index is 0.559. The highest BCUT2D eigenvalue weighted by Gasteiger charge is 2.18. The Morgan fingerprint density at radius 2 is 0.688 bits per heavy atom. The van der Waals surface area contributed by atoms with Crippen molar-refractivity contribution in [2.24, 2.45) is 22.9 Å². The van der Waals surface area contributed by atoms with Crippen molar-refractivity contribution in [3.63, 3.8) is 0 Å². The van der Waals surface area contributed by atoms with E-state index in [0.717, 1.165) is 93.2 Å². The van der Waals surface area contributed by atoms with Crippen molar-refractivity contribution >= 4 is 0 Å². The molecule has 0 unspecified atom stereocenters. The van der Waals surface area contributed by atoms with Crippen LogP contribution in [-0.2, 0) is 25.7 Å². The van der Waals surface area contributed by atoms with Crippen LogP contribution in [0.2, 0.25) is 0 Å². The topological polar surface area (TPSA) is 141 Å². The molecule has 0 amide bonds. The summed E-state index contributed by atoms with van der Waals surface area (Å²) in [5.41, 5.74) is 32.4. The van der Waals surface area contributed by atoms with Crippen molar-refractivity contribution < 1.29 is 18.9 Å². The molecule has 0 saturated heterocycles. The van der Waals surface area contributed by atoms with Crippen LogP contribution in [0.1, 0.15) is 70.2 Å². The molecule has 8 nitrogen and oxygen atoms in total. The van der Waals surface area contributed by atoms with Gasteiger partial charge in [0.15, 0.2) is 0 Å². The van der Waals surface area contributed by atoms with Gasteiger partial charge in [0.2, 0.25) is 0 Å². The van der Waals surface area contributed by atoms with Gasteiger partial charge in [-0.25, -0.2) is 0 Å². The van der Waals surface area contributed by atoms with Crippen LogP contribution in [0.5, 0.6) is 23.0 Å². The second-order valence-electron chi connectivity index (χ2n) is 12.5. The third-order valence-corrected chi connectivity index (χ3v) is 8.41. The van der Waals surface area contributed by atoms with Crippen molar-refractivity contribution in [1.29, 1.82) is 0 Å². The van der Waals surface area contributed by atoms with E-state index in [1.54, 1.807) is 0 Å². The summed E-state index contributed by atoms with van der Waals surface area (Å²) in [6.07, 6.45) is 5.93. The molecule has 0 aliphatic heterocycles. The number of rotatable bonds is 16. The van der Waals surface area contributed by atoms with Gasteiger partial charge in [-0.15, -0.1) is 0 Å². The molecule has 256 valence electrons. The van der Waals surface area contributed by atoms with Crippen LogP contribution in [-0.4, -0.2) is 52.6 Å². The van der Waals surface area contributed by atoms with Gasteiger partial charge in [-0.2, -0.15) is 0 Å². The molecular weight excluding hydrogens is 600 g/mol. The molecule has 0 atom stereocenters. The average molecular weight is 653 g/mol. The van der Waals surface area contributed by atoms with Gasteiger partial charge in [0.1, 0.15) is 23.0 Å². The number of nitrogens with two attached hydrogens (primary N) is 4. The van der Waals surface area contributed by atoms with E-state index in [1.807, 2.05) is 0 Å². The van der Waals surface area contributed by atoms with Crippen LogP contribution >= 0.6 is 0 Å². The maximum atomic E-state index is 6.52. The summed E-state index contributed by atoms with van der Waals surface area (Å²) in [6, 6.07) is 26.0. The standard InChI is InChI=1S/C40H52N4O4/c41-11-3-15-45-37-25-29-19-31(27-37)23-35-9-2-10-36(40(35)48-18-6-14-44)24-32-20-30(26-38(28-32)46-16-4-12-42)22-34-8-1-7-33(21-29)39(34)47-17-5-13-43/h1-2,7-10,19-20,25-28H,3-6,11-18,21-24,41-44H2. The molecule has 1 aliphatic rings. The molecule has 0 radical (unpaired) electrons. The largest absolute Gasteiger partial charge is 0.494 e. The van der Waals surface area contributed by atoms with E-state index in [1.165, 1.54) is 0 Å². The van der Waals surface area contributed by atoms with Crippen molar-refractivity contribution in [2.45, 2.75) is 51.4 Å². The second-order valence-corrected chi connectivity index (χ2v) is 12.5. The van der Waals surface area contributed by atoms with Crippen molar-refractivity contribution in [2.75, 3.05) is 52.6 Å². The Kier molecular flexibility index (Phi) is 13.5. The molecule has 8 bridgehead atoms. The molecule has 48 heavy (non-hydrogen) atoms. The summed E-state index contributed by atoms with van der Waals surface area (Å²) in [4.78, 5) is 0. The summed E-state index contributed by atoms with van der Waals surface area (Å²) < 4.78 is 25.5. The Bertz CT molecular complexity index is 1400. The Morgan fingerprint density at radius 3 is 0.979 bits per heavy atom. The van der Waals surface area contributed by atoms with Crippen LogP contribution in [0, 0.1) is 0 Å². The minimum absolute atomic E-state index is 0.559. The lowest BCUT2D eigenvalue weighted by Gasteiger charge is -2.20. The highest BCUT2D eigenvalue weighted by atomic mass is 16.5. The molecule has 8 heteroatoms. The first-order valence-electron chi connectivity index (χ1n) is 17.4. The zero-order valence-corrected chi connectivity index (χ0v) is 28.2. The fourth-order valence-electron chi connectivity index (χ4n) is 6.18. The predicted molar refractivity (Wildman–Crippen MR) is 194 cm³/mol. The quantitative estimate of drug-likeness (QED) is 0.106. The molecule has 1 aliphatic carbocycles. The number of benzene rings is 4. The maximum Gasteiger partial charge on any atom is 0.126 e. The van der Waals surface area contributed by atoms with Crippen molar-refractivity contribution in [3.8, 4) is 23.0 Å². The lowest BCUT2D eigenvalue weighted by Crippen LogP contribution is -2.10. The molecular formula is C40H52N4O4. The molecule has 0 aromatic heterocycles. The number of hydrogen-bond acceptors (Lipinski definition) is 8. The molecule has 8 N–H and O–H groups in total. The zero-order valence-electron chi connectivity index (χ0n) is 28.2. The average Bonchev–Trinajstić information content (AvgIpc) is 3.07. The molecule has 0 heterocycles. The highest BCUT2D eigenvalue weighted by molar-refractivity contribution is 5.52. The number of ether oxygens (including phenoxy) is 4. The fourth-order valence-corrected chi connectivity index (χ4v) is 6.18. The van der Waals surface area contributed by atoms with Crippen LogP contribution in [0.25, 0.3) is 0 Å². The van der Waals surface area contributed by atoms with Crippen molar-refractivity contribution in [1.82, 2.24) is 0 Å². The van der Waals surface area contributed by atoms with Gasteiger partial charge in [0, 0.05) is 25.7 Å². The summed E-state index contributed by atoms with van der Waals surface area (Å²) in [6.45, 7) is 4.58. The predicted octanol–water partition coefficient (Wildman–Crippen LogP) is 5.27. The van der Waals surface area contributed by atoms with E-state index in [-0.39, 0.29) is 0 Å². The maximum absolute atomic E-state index is 6.52. The van der Waals surface area contributed by atoms with Gasteiger partial charge in [0.05, 0.1) is 26.4 Å². The lowest BCUT2D eigenvalue weighted by molar-refractivity contribution is 0.307. The molecule has 5 rings (SSSR count). The van der Waals surface area contributed by atoms with Gasteiger partial charge >= 0.3 is 0 Å². The van der Waals surface area contributed by atoms with Crippen molar-refractivity contribution in [3.05, 3.63) is 117 Å². The number of fused-ring (bicyclic) bond motifs is 8. The SMILES string of the molecule is NCCCOc1cc2cc(c1)Cc1cccc(c1OCCCN)Cc1cc(cc(OCCCN)c1)Cc1cccc(c1OCCCN)C2. The third-order valence-electron chi connectivity index (χ3n) is 8.41. The molecule has 4 aromatic rings. The van der Waals surface area contributed by atoms with E-state index in [2.05, 4.69) is 72.8 Å². The summed E-state index contributed by atoms with van der Waals surface area (Å²) in [7, 11) is 0. The summed E-state index contributed by atoms with van der Waals surface area (Å²) in [5.74, 6) is 3.53. The monoisotopic (exact) mass is 652 g/mol. The second kappa shape index (κ2) is 18.5. The van der Waals surface area contributed by atoms with Crippen LogP contribution in [0.15, 0.2) is 72.8 Å². The lowest BCUT2D eigenvalue weighted by atomic mass is 9.92. The molecule has 4 aromatic carbocycles. The van der Waals surface area contributed by atoms with E-state index in [0.29, 0.717) is 78.3 Å². The van der Waals surface area contributed by atoms with Crippen LogP contribution < -0.4 is 41.9 Å². The smallest absolute Gasteiger partial charge is 0.126 e. The molecule has 0 spiro atoms. The fraction of sp³-hybridized carbons (Fsp3) is 0.400. The molecule has 0 saturated carbocycles. The zero-order chi connectivity index (χ0) is 33.6. The van der Waals surface area contributed by atoms with Crippen LogP contribution in [0.3, 0.4) is 0 Å². The summed E-state index contributed by atoms with van der Waals surface area (Å²) >= 11 is 0. The van der Waals surface area contributed by atoms with Gasteiger partial charge < -0.3 is 41.9 Å². The Labute approximate surface area is 285 Å². The molecule has 0 fully saturated rings. The first-order valence-corrected chi connectivity index (χ1v) is 17.4. The van der Waals surface area contributed by atoms with E-state index >= 15 is 0 Å². The first-order chi connectivity index (χ1) is 23.6. The number of hydrogen-bond donors (Lipinski definition) is 4. The van der Waals surface area contributed by atoms with Gasteiger partial charge in [-0.1, -0.05) is 48.5 Å². The van der Waals surface area contributed by atoms with E-state index in [9.17, 15) is 0 Å². The number of para-hydroxylation sites is 2. The van der Waals surface area contributed by atoms with Gasteiger partial charge in [-0.3, -0.25) is 0 Å². The van der Waals surface area contributed by atoms with Gasteiger partial charge in [0.25, 0.3) is 0 Å². The summed E-state index contributed by atoms with van der Waals surface area (Å²) in [5, 5.41) is 0. The first kappa shape index (κ1) is 35.2. The van der Waals surface area contributed by atoms with E-state index < -0.39 is 0 Å². The Balaban J connectivity index is 1.65. The normalized spacial score (nSPS) is 12.4.